The molecule has 33 heavy (non-hydrogen) atoms. The van der Waals surface area contributed by atoms with Gasteiger partial charge in [-0.2, -0.15) is 0 Å². The lowest BCUT2D eigenvalue weighted by Gasteiger charge is -2.29. The number of nitrogens with zero attached hydrogens (tertiary/aromatic N) is 2. The molecule has 0 saturated carbocycles. The quantitative estimate of drug-likeness (QED) is 0.661. The standard InChI is InChI=1S/C25H27N3O5/c29-23-9-8-21(24(30)26-23)28-15-20-19(25(28)31)2-1-3-22(20)33-16-18-6-4-17(5-7-18)14-27-10-12-32-13-11-27/h1-7,21H,8-16H2,(H,26,29,30)/i1D,2D,3D,4D,5D,6D,7D,8D2,9D2,21D. The van der Waals surface area contributed by atoms with Crippen molar-refractivity contribution >= 4 is 17.7 Å². The number of nitrogens with one attached hydrogen (secondary N) is 1. The molecule has 172 valence electrons. The lowest BCUT2D eigenvalue weighted by atomic mass is 10.0. The van der Waals surface area contributed by atoms with Crippen LogP contribution in [0.3, 0.4) is 0 Å². The highest BCUT2D eigenvalue weighted by atomic mass is 16.5. The number of fused-ring (bicyclic) bond motifs is 1. The fraction of sp³-hybridized carbons (Fsp3) is 0.400. The summed E-state index contributed by atoms with van der Waals surface area (Å²) in [7, 11) is 0. The number of rotatable bonds is 6. The number of amides is 3. The van der Waals surface area contributed by atoms with Crippen LogP contribution in [0.15, 0.2) is 42.3 Å². The van der Waals surface area contributed by atoms with Crippen molar-refractivity contribution in [2.75, 3.05) is 26.3 Å². The van der Waals surface area contributed by atoms with E-state index in [2.05, 4.69) is 0 Å². The van der Waals surface area contributed by atoms with Crippen LogP contribution >= 0.6 is 0 Å². The number of piperidine rings is 1. The van der Waals surface area contributed by atoms with E-state index in [4.69, 9.17) is 25.9 Å². The Bertz CT molecular complexity index is 1620. The molecule has 2 saturated heterocycles. The second-order valence-corrected chi connectivity index (χ2v) is 7.47. The Balaban J connectivity index is 1.52. The van der Waals surface area contributed by atoms with E-state index in [1.165, 1.54) is 0 Å². The highest BCUT2D eigenvalue weighted by molar-refractivity contribution is 6.05. The largest absolute Gasteiger partial charge is 0.489 e. The zero-order valence-corrected chi connectivity index (χ0v) is 17.4. The minimum Gasteiger partial charge on any atom is -0.489 e. The van der Waals surface area contributed by atoms with E-state index in [0.29, 0.717) is 31.2 Å². The Kier molecular flexibility index (Phi) is 3.32. The normalized spacial score (nSPS) is 31.6. The number of carbonyl (C=O) groups is 3. The molecule has 0 aromatic heterocycles. The fourth-order valence-electron chi connectivity index (χ4n) is 3.62. The van der Waals surface area contributed by atoms with Gasteiger partial charge >= 0.3 is 0 Å². The molecule has 0 spiro atoms. The number of hydrogen-bond donors (Lipinski definition) is 1. The Labute approximate surface area is 209 Å². The highest BCUT2D eigenvalue weighted by Crippen LogP contribution is 2.34. The zero-order valence-electron chi connectivity index (χ0n) is 29.4. The van der Waals surface area contributed by atoms with Crippen LogP contribution in [0.1, 0.15) is 56.2 Å². The third-order valence-electron chi connectivity index (χ3n) is 5.30. The van der Waals surface area contributed by atoms with E-state index < -0.39 is 91.2 Å². The van der Waals surface area contributed by atoms with Crippen molar-refractivity contribution in [1.82, 2.24) is 15.1 Å². The summed E-state index contributed by atoms with van der Waals surface area (Å²) in [4.78, 5) is 40.7. The SMILES string of the molecule is [2H]c1c([2H])c(OCc2c([2H])c([2H])c(CN3CCOCC3)c([2H])c2[2H])c2c(c1[2H])C(=O)N(C1([2H])C(=O)NC(=O)C([2H])([2H])C1([2H])[2H])C2. The molecule has 0 bridgehead atoms. The molecular weight excluding hydrogens is 422 g/mol. The summed E-state index contributed by atoms with van der Waals surface area (Å²) >= 11 is 0. The van der Waals surface area contributed by atoms with Gasteiger partial charge in [0.25, 0.3) is 5.91 Å². The molecule has 2 aromatic rings. The van der Waals surface area contributed by atoms with Crippen LogP contribution in [0.4, 0.5) is 0 Å². The first-order chi connectivity index (χ1) is 20.9. The third kappa shape index (κ3) is 4.62. The molecular formula is C25H27N3O5. The summed E-state index contributed by atoms with van der Waals surface area (Å²) in [5, 5.41) is 1.58. The first-order valence-electron chi connectivity index (χ1n) is 16.2. The van der Waals surface area contributed by atoms with E-state index in [9.17, 15) is 14.4 Å². The maximum absolute atomic E-state index is 13.5. The van der Waals surface area contributed by atoms with Gasteiger partial charge in [0.05, 0.1) is 30.7 Å². The minimum absolute atomic E-state index is 0.148. The van der Waals surface area contributed by atoms with Crippen molar-refractivity contribution in [3.05, 3.63) is 64.6 Å². The number of benzene rings is 2. The second-order valence-electron chi connectivity index (χ2n) is 7.47. The maximum Gasteiger partial charge on any atom is 0.255 e. The van der Waals surface area contributed by atoms with Crippen LogP contribution in [-0.2, 0) is 34.0 Å². The molecule has 3 aliphatic rings. The minimum atomic E-state index is -3.59. The summed E-state index contributed by atoms with van der Waals surface area (Å²) < 4.78 is 111. The number of imide groups is 1. The van der Waals surface area contributed by atoms with Gasteiger partial charge in [0.15, 0.2) is 0 Å². The Hall–Kier alpha value is -3.23. The van der Waals surface area contributed by atoms with E-state index in [-0.39, 0.29) is 35.3 Å². The summed E-state index contributed by atoms with van der Waals surface area (Å²) in [5.74, 6) is -5.12. The van der Waals surface area contributed by atoms with E-state index in [0.717, 1.165) is 0 Å². The first-order valence-corrected chi connectivity index (χ1v) is 10.2. The van der Waals surface area contributed by atoms with Gasteiger partial charge in [0.1, 0.15) is 18.4 Å². The van der Waals surface area contributed by atoms with Crippen molar-refractivity contribution in [1.29, 1.82) is 0 Å². The molecule has 5 rings (SSSR count). The number of morpholine rings is 1. The topological polar surface area (TPSA) is 88.2 Å². The lowest BCUT2D eigenvalue weighted by molar-refractivity contribution is -0.136. The number of hydrogen-bond acceptors (Lipinski definition) is 6. The smallest absolute Gasteiger partial charge is 0.255 e. The lowest BCUT2D eigenvalue weighted by Crippen LogP contribution is -2.52. The first kappa shape index (κ1) is 11.8. The Morgan fingerprint density at radius 1 is 1.12 bits per heavy atom. The van der Waals surface area contributed by atoms with Gasteiger partial charge in [0, 0.05) is 42.6 Å². The monoisotopic (exact) mass is 461 g/mol. The molecule has 3 amide bonds. The maximum atomic E-state index is 13.5. The van der Waals surface area contributed by atoms with Gasteiger partial charge in [-0.3, -0.25) is 24.6 Å². The Morgan fingerprint density at radius 3 is 2.67 bits per heavy atom. The zero-order chi connectivity index (χ0) is 33.4. The number of carbonyl (C=O) groups excluding carboxylic acids is 3. The molecule has 1 atom stereocenters. The van der Waals surface area contributed by atoms with E-state index in [1.54, 1.807) is 5.32 Å². The highest BCUT2D eigenvalue weighted by Gasteiger charge is 2.40. The molecule has 2 aromatic carbocycles. The van der Waals surface area contributed by atoms with Crippen molar-refractivity contribution in [3.63, 3.8) is 0 Å². The van der Waals surface area contributed by atoms with Gasteiger partial charge < -0.3 is 14.4 Å². The third-order valence-corrected chi connectivity index (χ3v) is 5.30. The van der Waals surface area contributed by atoms with Crippen molar-refractivity contribution in [3.8, 4) is 5.75 Å². The summed E-state index contributed by atoms with van der Waals surface area (Å²) in [6.45, 7) is 0.631. The predicted molar refractivity (Wildman–Crippen MR) is 119 cm³/mol. The van der Waals surface area contributed by atoms with Crippen LogP contribution in [0.2, 0.25) is 0 Å². The summed E-state index contributed by atoms with van der Waals surface area (Å²) in [6.07, 6.45) is -7.03. The van der Waals surface area contributed by atoms with Gasteiger partial charge in [-0.25, -0.2) is 0 Å². The molecule has 1 N–H and O–H groups in total. The van der Waals surface area contributed by atoms with Crippen LogP contribution in [0.25, 0.3) is 0 Å². The van der Waals surface area contributed by atoms with Gasteiger partial charge in [0.2, 0.25) is 11.8 Å². The average molecular weight is 462 g/mol. The molecule has 8 heteroatoms. The Morgan fingerprint density at radius 2 is 1.88 bits per heavy atom. The van der Waals surface area contributed by atoms with Gasteiger partial charge in [-0.1, -0.05) is 30.2 Å². The number of ether oxygens (including phenoxy) is 2. The molecule has 0 aliphatic carbocycles. The molecule has 0 radical (unpaired) electrons. The van der Waals surface area contributed by atoms with Crippen LogP contribution in [0, 0.1) is 0 Å². The predicted octanol–water partition coefficient (Wildman–Crippen LogP) is 1.86. The van der Waals surface area contributed by atoms with E-state index in [1.807, 2.05) is 4.90 Å². The van der Waals surface area contributed by atoms with Crippen LogP contribution < -0.4 is 10.1 Å². The van der Waals surface area contributed by atoms with Gasteiger partial charge in [-0.15, -0.1) is 0 Å². The van der Waals surface area contributed by atoms with Crippen molar-refractivity contribution < 1.29 is 40.3 Å². The van der Waals surface area contributed by atoms with Crippen molar-refractivity contribution in [2.24, 2.45) is 0 Å². The van der Waals surface area contributed by atoms with E-state index >= 15 is 0 Å². The summed E-state index contributed by atoms with van der Waals surface area (Å²) in [6, 6.07) is -7.16. The fourth-order valence-corrected chi connectivity index (χ4v) is 3.62. The molecule has 8 nitrogen and oxygen atoms in total. The summed E-state index contributed by atoms with van der Waals surface area (Å²) in [5.41, 5.74) is -0.972. The van der Waals surface area contributed by atoms with Crippen LogP contribution in [-0.4, -0.2) is 59.8 Å². The second kappa shape index (κ2) is 9.33. The van der Waals surface area contributed by atoms with Gasteiger partial charge in [-0.05, 0) is 29.6 Å². The molecule has 3 aliphatic heterocycles. The van der Waals surface area contributed by atoms with Crippen LogP contribution in [0.5, 0.6) is 5.75 Å². The molecule has 3 heterocycles. The average Bonchev–Trinajstić information content (AvgIpc) is 3.34. The van der Waals surface area contributed by atoms with Crippen molar-refractivity contribution in [2.45, 2.75) is 38.5 Å². The molecule has 1 unspecified atom stereocenters. The molecule has 2 fully saturated rings.